The summed E-state index contributed by atoms with van der Waals surface area (Å²) in [5.41, 5.74) is 14.7. The number of para-hydroxylation sites is 2. The highest BCUT2D eigenvalue weighted by Gasteiger charge is 2.35. The molecule has 58 heavy (non-hydrogen) atoms. The molecule has 0 spiro atoms. The van der Waals surface area contributed by atoms with Crippen LogP contribution in [0, 0.1) is 0 Å². The molecule has 11 aromatic rings. The molecule has 274 valence electrons. The highest BCUT2D eigenvalue weighted by molar-refractivity contribution is 7.26. The fourth-order valence-electron chi connectivity index (χ4n) is 9.81. The van der Waals surface area contributed by atoms with Gasteiger partial charge in [0.05, 0.1) is 11.0 Å². The largest absolute Gasteiger partial charge is 0.310 e. The second-order valence-electron chi connectivity index (χ2n) is 16.1. The Hall–Kier alpha value is -6.94. The summed E-state index contributed by atoms with van der Waals surface area (Å²) in [6.45, 7) is 4.72. The van der Waals surface area contributed by atoms with Gasteiger partial charge in [0.1, 0.15) is 0 Å². The lowest BCUT2D eigenvalue weighted by Crippen LogP contribution is -2.16. The Balaban J connectivity index is 1.08. The van der Waals surface area contributed by atoms with Crippen LogP contribution in [0.3, 0.4) is 0 Å². The lowest BCUT2D eigenvalue weighted by Gasteiger charge is -2.28. The number of nitrogens with zero attached hydrogens (tertiary/aromatic N) is 2. The third-order valence-electron chi connectivity index (χ3n) is 12.6. The Kier molecular flexibility index (Phi) is 7.18. The van der Waals surface area contributed by atoms with E-state index in [0.29, 0.717) is 0 Å². The van der Waals surface area contributed by atoms with Crippen LogP contribution >= 0.6 is 11.3 Å². The van der Waals surface area contributed by atoms with Crippen LogP contribution in [0.2, 0.25) is 0 Å². The van der Waals surface area contributed by atoms with Crippen LogP contribution in [0.5, 0.6) is 0 Å². The molecule has 2 nitrogen and oxygen atoms in total. The van der Waals surface area contributed by atoms with E-state index >= 15 is 0 Å². The number of thiophene rings is 1. The molecule has 9 aromatic carbocycles. The molecule has 2 aromatic heterocycles. The molecule has 0 saturated heterocycles. The van der Waals surface area contributed by atoms with Crippen molar-refractivity contribution in [2.45, 2.75) is 19.3 Å². The quantitative estimate of drug-likeness (QED) is 0.170. The van der Waals surface area contributed by atoms with E-state index in [1.807, 2.05) is 11.3 Å². The van der Waals surface area contributed by atoms with Crippen molar-refractivity contribution in [1.82, 2.24) is 4.57 Å². The zero-order valence-corrected chi connectivity index (χ0v) is 33.1. The Morgan fingerprint density at radius 3 is 1.93 bits per heavy atom. The van der Waals surface area contributed by atoms with E-state index in [2.05, 4.69) is 217 Å². The van der Waals surface area contributed by atoms with Crippen LogP contribution in [-0.4, -0.2) is 4.57 Å². The molecule has 12 rings (SSSR count). The summed E-state index contributed by atoms with van der Waals surface area (Å²) in [5, 5.41) is 7.72. The van der Waals surface area contributed by atoms with Crippen molar-refractivity contribution in [2.24, 2.45) is 0 Å². The van der Waals surface area contributed by atoms with E-state index in [-0.39, 0.29) is 5.41 Å². The summed E-state index contributed by atoms with van der Waals surface area (Å²) in [5.74, 6) is 0. The Morgan fingerprint density at radius 1 is 0.414 bits per heavy atom. The first-order valence-electron chi connectivity index (χ1n) is 20.1. The van der Waals surface area contributed by atoms with Crippen LogP contribution in [0.25, 0.3) is 80.7 Å². The number of benzene rings is 9. The maximum atomic E-state index is 2.44. The monoisotopic (exact) mass is 758 g/mol. The molecule has 0 atom stereocenters. The van der Waals surface area contributed by atoms with Crippen LogP contribution in [-0.2, 0) is 5.41 Å². The van der Waals surface area contributed by atoms with Gasteiger partial charge in [0.15, 0.2) is 0 Å². The first kappa shape index (κ1) is 33.2. The predicted molar refractivity (Wildman–Crippen MR) is 249 cm³/mol. The molecular formula is C55H38N2S. The zero-order chi connectivity index (χ0) is 38.5. The van der Waals surface area contributed by atoms with E-state index < -0.39 is 0 Å². The van der Waals surface area contributed by atoms with E-state index in [1.54, 1.807) is 0 Å². The molecule has 0 amide bonds. The Labute approximate surface area is 341 Å². The molecule has 0 aliphatic heterocycles. The normalized spacial score (nSPS) is 13.1. The summed E-state index contributed by atoms with van der Waals surface area (Å²) in [4.78, 5) is 2.42. The number of hydrogen-bond acceptors (Lipinski definition) is 2. The average molecular weight is 759 g/mol. The van der Waals surface area contributed by atoms with Gasteiger partial charge in [-0.2, -0.15) is 0 Å². The maximum absolute atomic E-state index is 2.44. The minimum Gasteiger partial charge on any atom is -0.310 e. The fraction of sp³-hybridized carbons (Fsp3) is 0.0545. The van der Waals surface area contributed by atoms with Crippen molar-refractivity contribution >= 4 is 81.1 Å². The third kappa shape index (κ3) is 4.84. The van der Waals surface area contributed by atoms with Crippen LogP contribution < -0.4 is 4.90 Å². The van der Waals surface area contributed by atoms with Crippen molar-refractivity contribution in [3.63, 3.8) is 0 Å². The highest BCUT2D eigenvalue weighted by atomic mass is 32.1. The zero-order valence-electron chi connectivity index (χ0n) is 32.3. The Morgan fingerprint density at radius 2 is 1.09 bits per heavy atom. The van der Waals surface area contributed by atoms with Gasteiger partial charge in [0.2, 0.25) is 0 Å². The van der Waals surface area contributed by atoms with E-state index in [9.17, 15) is 0 Å². The topological polar surface area (TPSA) is 8.17 Å². The molecule has 1 aliphatic carbocycles. The second-order valence-corrected chi connectivity index (χ2v) is 17.2. The average Bonchev–Trinajstić information content (AvgIpc) is 3.89. The van der Waals surface area contributed by atoms with Crippen molar-refractivity contribution in [2.75, 3.05) is 4.90 Å². The van der Waals surface area contributed by atoms with E-state index in [0.717, 1.165) is 22.7 Å². The molecule has 0 bridgehead atoms. The maximum Gasteiger partial charge on any atom is 0.0561 e. The summed E-state index contributed by atoms with van der Waals surface area (Å²) in [7, 11) is 0. The van der Waals surface area contributed by atoms with Gasteiger partial charge in [-0.3, -0.25) is 0 Å². The van der Waals surface area contributed by atoms with E-state index in [4.69, 9.17) is 0 Å². The molecule has 0 unspecified atom stereocenters. The number of hydrogen-bond donors (Lipinski definition) is 0. The summed E-state index contributed by atoms with van der Waals surface area (Å²) in [6, 6.07) is 71.8. The lowest BCUT2D eigenvalue weighted by molar-refractivity contribution is 0.660. The van der Waals surface area contributed by atoms with Crippen LogP contribution in [0.15, 0.2) is 194 Å². The first-order valence-corrected chi connectivity index (χ1v) is 20.9. The molecule has 3 heteroatoms. The minimum atomic E-state index is -0.0991. The molecular weight excluding hydrogens is 721 g/mol. The van der Waals surface area contributed by atoms with Gasteiger partial charge < -0.3 is 9.47 Å². The van der Waals surface area contributed by atoms with Gasteiger partial charge in [-0.25, -0.2) is 0 Å². The van der Waals surface area contributed by atoms with Crippen LogP contribution in [0.1, 0.15) is 25.0 Å². The van der Waals surface area contributed by atoms with Gasteiger partial charge in [-0.1, -0.05) is 135 Å². The molecule has 2 heterocycles. The summed E-state index contributed by atoms with van der Waals surface area (Å²) < 4.78 is 5.13. The van der Waals surface area contributed by atoms with Crippen LogP contribution in [0.4, 0.5) is 17.1 Å². The highest BCUT2D eigenvalue weighted by Crippen LogP contribution is 2.51. The number of fused-ring (bicyclic) bond motifs is 11. The van der Waals surface area contributed by atoms with Gasteiger partial charge in [0.25, 0.3) is 0 Å². The van der Waals surface area contributed by atoms with E-state index in [1.165, 1.54) is 86.1 Å². The molecule has 1 aliphatic rings. The standard InChI is InChI=1S/C55H38N2S/c1-55(2)49-23-13-11-20-41(49)42-28-26-38(32-50(42)55)56(36-15-5-3-6-16-36)39-27-29-43-47-31-35(25-30-51(47)57(52(43)33-39)37-17-7-4-8-18-37)46-34-48-44-21-12-14-24-53(44)58-54(48)45-22-10-9-19-40(45)46/h3-34H,1-2H3. The number of aromatic nitrogens is 1. The smallest absolute Gasteiger partial charge is 0.0561 e. The van der Waals surface area contributed by atoms with Gasteiger partial charge in [-0.05, 0) is 112 Å². The van der Waals surface area contributed by atoms with Crippen molar-refractivity contribution in [1.29, 1.82) is 0 Å². The minimum absolute atomic E-state index is 0.0991. The number of anilines is 3. The second kappa shape index (κ2) is 12.5. The van der Waals surface area contributed by atoms with Gasteiger partial charge in [0, 0.05) is 64.5 Å². The number of rotatable bonds is 5. The molecule has 0 radical (unpaired) electrons. The first-order chi connectivity index (χ1) is 28.5. The lowest BCUT2D eigenvalue weighted by atomic mass is 9.82. The molecule has 0 fully saturated rings. The predicted octanol–water partition coefficient (Wildman–Crippen LogP) is 15.7. The third-order valence-corrected chi connectivity index (χ3v) is 13.8. The fourth-order valence-corrected chi connectivity index (χ4v) is 11.0. The van der Waals surface area contributed by atoms with Crippen molar-refractivity contribution in [3.8, 4) is 27.9 Å². The van der Waals surface area contributed by atoms with Crippen molar-refractivity contribution in [3.05, 3.63) is 205 Å². The molecule has 0 saturated carbocycles. The summed E-state index contributed by atoms with van der Waals surface area (Å²) in [6.07, 6.45) is 0. The van der Waals surface area contributed by atoms with Crippen molar-refractivity contribution < 1.29 is 0 Å². The van der Waals surface area contributed by atoms with Gasteiger partial charge >= 0.3 is 0 Å². The van der Waals surface area contributed by atoms with Gasteiger partial charge in [-0.15, -0.1) is 11.3 Å². The SMILES string of the molecule is CC1(C)c2ccccc2-c2ccc(N(c3ccccc3)c3ccc4c5cc(-c6cc7c8ccccc8sc7c7ccccc67)ccc5n(-c5ccccc5)c4c3)cc21. The summed E-state index contributed by atoms with van der Waals surface area (Å²) >= 11 is 1.90. The Bertz CT molecular complexity index is 3430. The molecule has 0 N–H and O–H groups in total.